The maximum absolute atomic E-state index is 12.5. The number of carbonyl (C=O) groups is 1. The Morgan fingerprint density at radius 2 is 1.38 bits per heavy atom. The number of aliphatic hydroxyl groups is 2. The number of nitrogens with one attached hydrogen (secondary N) is 1. The second-order valence-corrected chi connectivity index (χ2v) is 7.63. The highest BCUT2D eigenvalue weighted by Crippen LogP contribution is 2.28. The fourth-order valence-electron chi connectivity index (χ4n) is 3.58. The Bertz CT molecular complexity index is 1140. The minimum atomic E-state index is -1.46. The van der Waals surface area contributed by atoms with Crippen LogP contribution in [0, 0.1) is 0 Å². The second kappa shape index (κ2) is 10.1. The monoisotopic (exact) mass is 427 g/mol. The molecule has 0 bridgehead atoms. The first-order valence-electron chi connectivity index (χ1n) is 10.5. The summed E-state index contributed by atoms with van der Waals surface area (Å²) in [5.74, 6) is 0.107. The first kappa shape index (κ1) is 21.6. The number of furan rings is 1. The van der Waals surface area contributed by atoms with Crippen LogP contribution in [0.4, 0.5) is 0 Å². The van der Waals surface area contributed by atoms with Gasteiger partial charge in [0.1, 0.15) is 11.5 Å². The van der Waals surface area contributed by atoms with Crippen LogP contribution < -0.4 is 5.32 Å². The molecule has 1 heterocycles. The molecule has 0 aliphatic carbocycles. The van der Waals surface area contributed by atoms with E-state index in [-0.39, 0.29) is 12.4 Å². The smallest absolute Gasteiger partial charge is 0.257 e. The molecule has 0 radical (unpaired) electrons. The summed E-state index contributed by atoms with van der Waals surface area (Å²) in [6, 6.07) is 30.3. The molecular formula is C27H25NO4. The van der Waals surface area contributed by atoms with E-state index < -0.39 is 18.1 Å². The van der Waals surface area contributed by atoms with Crippen molar-refractivity contribution in [2.45, 2.75) is 18.6 Å². The molecule has 0 aliphatic heterocycles. The lowest BCUT2D eigenvalue weighted by Crippen LogP contribution is -2.41. The zero-order valence-electron chi connectivity index (χ0n) is 17.5. The molecule has 2 atom stereocenters. The van der Waals surface area contributed by atoms with Gasteiger partial charge in [0, 0.05) is 5.56 Å². The molecule has 4 rings (SSSR count). The second-order valence-electron chi connectivity index (χ2n) is 7.63. The first-order valence-corrected chi connectivity index (χ1v) is 10.5. The summed E-state index contributed by atoms with van der Waals surface area (Å²) in [5.41, 5.74) is 4.05. The predicted molar refractivity (Wildman–Crippen MR) is 124 cm³/mol. The van der Waals surface area contributed by atoms with Crippen molar-refractivity contribution in [3.8, 4) is 22.5 Å². The zero-order chi connectivity index (χ0) is 22.3. The van der Waals surface area contributed by atoms with Crippen LogP contribution >= 0.6 is 0 Å². The highest BCUT2D eigenvalue weighted by Gasteiger charge is 2.24. The van der Waals surface area contributed by atoms with Crippen LogP contribution in [0.2, 0.25) is 0 Å². The van der Waals surface area contributed by atoms with Crippen LogP contribution in [0.15, 0.2) is 101 Å². The van der Waals surface area contributed by atoms with Crippen molar-refractivity contribution in [1.29, 1.82) is 0 Å². The normalized spacial score (nSPS) is 12.8. The molecule has 0 saturated heterocycles. The molecule has 4 aromatic rings. The molecule has 0 fully saturated rings. The van der Waals surface area contributed by atoms with Gasteiger partial charge in [-0.05, 0) is 35.2 Å². The molecule has 2 unspecified atom stereocenters. The number of carbonyl (C=O) groups excluding carboxylic acids is 1. The van der Waals surface area contributed by atoms with E-state index in [1.54, 1.807) is 12.1 Å². The van der Waals surface area contributed by atoms with Crippen molar-refractivity contribution in [3.05, 3.63) is 108 Å². The largest absolute Gasteiger partial charge is 0.458 e. The van der Waals surface area contributed by atoms with Gasteiger partial charge in [-0.15, -0.1) is 0 Å². The Hall–Kier alpha value is -3.67. The third-order valence-electron chi connectivity index (χ3n) is 5.31. The van der Waals surface area contributed by atoms with Gasteiger partial charge in [0.25, 0.3) is 5.91 Å². The van der Waals surface area contributed by atoms with E-state index in [4.69, 9.17) is 4.42 Å². The highest BCUT2D eigenvalue weighted by molar-refractivity contribution is 5.81. The van der Waals surface area contributed by atoms with Gasteiger partial charge < -0.3 is 19.9 Å². The molecule has 3 aromatic carbocycles. The zero-order valence-corrected chi connectivity index (χ0v) is 17.5. The number of aliphatic hydroxyl groups excluding tert-OH is 2. The fraction of sp³-hybridized carbons (Fsp3) is 0.148. The summed E-state index contributed by atoms with van der Waals surface area (Å²) >= 11 is 0. The molecule has 0 aliphatic rings. The van der Waals surface area contributed by atoms with E-state index in [9.17, 15) is 15.0 Å². The van der Waals surface area contributed by atoms with Crippen molar-refractivity contribution >= 4 is 5.91 Å². The first-order chi connectivity index (χ1) is 15.6. The van der Waals surface area contributed by atoms with Gasteiger partial charge in [-0.2, -0.15) is 0 Å². The van der Waals surface area contributed by atoms with Gasteiger partial charge in [-0.3, -0.25) is 4.79 Å². The Balaban J connectivity index is 1.41. The molecule has 162 valence electrons. The number of hydrogen-bond acceptors (Lipinski definition) is 4. The van der Waals surface area contributed by atoms with E-state index in [0.717, 1.165) is 22.3 Å². The molecule has 3 N–H and O–H groups in total. The lowest BCUT2D eigenvalue weighted by atomic mass is 10.0. The van der Waals surface area contributed by atoms with E-state index >= 15 is 0 Å². The standard InChI is InChI=1S/C27H25NO4/c29-18-23(17-19-7-3-1-4-8-19)28-27(31)26(30)25-16-15-24(32-25)22-13-11-21(12-14-22)20-9-5-2-6-10-20/h1-16,23,26,29-30H,17-18H2,(H,28,31). The minimum Gasteiger partial charge on any atom is -0.458 e. The van der Waals surface area contributed by atoms with Gasteiger partial charge in [-0.1, -0.05) is 84.9 Å². The van der Waals surface area contributed by atoms with E-state index in [0.29, 0.717) is 12.2 Å². The summed E-state index contributed by atoms with van der Waals surface area (Å²) < 4.78 is 5.76. The van der Waals surface area contributed by atoms with E-state index in [1.165, 1.54) is 0 Å². The van der Waals surface area contributed by atoms with Gasteiger partial charge in [0.05, 0.1) is 12.6 Å². The van der Waals surface area contributed by atoms with Crippen LogP contribution in [0.3, 0.4) is 0 Å². The highest BCUT2D eigenvalue weighted by atomic mass is 16.4. The van der Waals surface area contributed by atoms with Crippen molar-refractivity contribution in [1.82, 2.24) is 5.32 Å². The van der Waals surface area contributed by atoms with Crippen molar-refractivity contribution in [2.24, 2.45) is 0 Å². The summed E-state index contributed by atoms with van der Waals surface area (Å²) in [6.07, 6.45) is -0.996. The molecule has 0 spiro atoms. The van der Waals surface area contributed by atoms with Gasteiger partial charge >= 0.3 is 0 Å². The summed E-state index contributed by atoms with van der Waals surface area (Å²) in [7, 11) is 0. The summed E-state index contributed by atoms with van der Waals surface area (Å²) in [6.45, 7) is -0.232. The number of rotatable bonds is 8. The third kappa shape index (κ3) is 5.14. The van der Waals surface area contributed by atoms with Gasteiger partial charge in [-0.25, -0.2) is 0 Å². The van der Waals surface area contributed by atoms with E-state index in [1.807, 2.05) is 84.9 Å². The summed E-state index contributed by atoms with van der Waals surface area (Å²) in [5, 5.41) is 22.8. The lowest BCUT2D eigenvalue weighted by molar-refractivity contribution is -0.131. The van der Waals surface area contributed by atoms with E-state index in [2.05, 4.69) is 5.32 Å². The molecule has 0 saturated carbocycles. The molecule has 5 nitrogen and oxygen atoms in total. The van der Waals surface area contributed by atoms with Crippen LogP contribution in [-0.2, 0) is 11.2 Å². The van der Waals surface area contributed by atoms with Gasteiger partial charge in [0.15, 0.2) is 6.10 Å². The maximum Gasteiger partial charge on any atom is 0.257 e. The maximum atomic E-state index is 12.5. The Morgan fingerprint density at radius 1 is 0.781 bits per heavy atom. The third-order valence-corrected chi connectivity index (χ3v) is 5.31. The van der Waals surface area contributed by atoms with Crippen molar-refractivity contribution < 1.29 is 19.4 Å². The predicted octanol–water partition coefficient (Wildman–Crippen LogP) is 4.37. The number of hydrogen-bond donors (Lipinski definition) is 3. The summed E-state index contributed by atoms with van der Waals surface area (Å²) in [4.78, 5) is 12.5. The topological polar surface area (TPSA) is 82.7 Å². The van der Waals surface area contributed by atoms with Crippen LogP contribution in [0.1, 0.15) is 17.4 Å². The number of benzene rings is 3. The van der Waals surface area contributed by atoms with Crippen LogP contribution in [0.5, 0.6) is 0 Å². The number of amides is 1. The van der Waals surface area contributed by atoms with Gasteiger partial charge in [0.2, 0.25) is 0 Å². The van der Waals surface area contributed by atoms with Crippen LogP contribution in [-0.4, -0.2) is 28.8 Å². The van der Waals surface area contributed by atoms with Crippen LogP contribution in [0.25, 0.3) is 22.5 Å². The Kier molecular flexibility index (Phi) is 6.80. The molecule has 32 heavy (non-hydrogen) atoms. The molecule has 1 aromatic heterocycles. The molecule has 1 amide bonds. The molecular weight excluding hydrogens is 402 g/mol. The average molecular weight is 428 g/mol. The SMILES string of the molecule is O=C(NC(CO)Cc1ccccc1)C(O)c1ccc(-c2ccc(-c3ccccc3)cc2)o1. The van der Waals surface area contributed by atoms with Crippen molar-refractivity contribution in [3.63, 3.8) is 0 Å². The molecule has 5 heteroatoms. The minimum absolute atomic E-state index is 0.154. The fourth-order valence-corrected chi connectivity index (χ4v) is 3.58. The quantitative estimate of drug-likeness (QED) is 0.390. The Labute approximate surface area is 187 Å². The Morgan fingerprint density at radius 3 is 2.03 bits per heavy atom. The average Bonchev–Trinajstić information content (AvgIpc) is 3.34. The van der Waals surface area contributed by atoms with Crippen molar-refractivity contribution in [2.75, 3.05) is 6.61 Å². The lowest BCUT2D eigenvalue weighted by Gasteiger charge is -2.18.